The maximum atomic E-state index is 13.1. The molecule has 172 valence electrons. The van der Waals surface area contributed by atoms with Gasteiger partial charge in [-0.15, -0.1) is 11.3 Å². The molecule has 1 aromatic heterocycles. The second-order valence-electron chi connectivity index (χ2n) is 7.55. The Hall–Kier alpha value is -3.88. The molecule has 2 heterocycles. The lowest BCUT2D eigenvalue weighted by atomic mass is 10.0. The molecule has 1 aliphatic rings. The first-order valence-corrected chi connectivity index (χ1v) is 11.4. The second-order valence-corrected chi connectivity index (χ2v) is 8.41. The van der Waals surface area contributed by atoms with Crippen molar-refractivity contribution in [3.8, 4) is 17.2 Å². The molecule has 0 saturated heterocycles. The van der Waals surface area contributed by atoms with Crippen molar-refractivity contribution >= 4 is 33.8 Å². The number of ether oxygens (including phenoxy) is 3. The van der Waals surface area contributed by atoms with E-state index in [1.165, 1.54) is 23.5 Å². The molecule has 0 spiro atoms. The van der Waals surface area contributed by atoms with Crippen LogP contribution >= 0.6 is 11.3 Å². The van der Waals surface area contributed by atoms with Gasteiger partial charge in [-0.25, -0.2) is 9.37 Å². The van der Waals surface area contributed by atoms with Crippen LogP contribution in [0.4, 0.5) is 15.2 Å². The van der Waals surface area contributed by atoms with Crippen molar-refractivity contribution in [2.45, 2.75) is 12.9 Å². The maximum absolute atomic E-state index is 13.1. The van der Waals surface area contributed by atoms with E-state index in [2.05, 4.69) is 10.3 Å². The molecule has 0 saturated carbocycles. The van der Waals surface area contributed by atoms with Crippen LogP contribution < -0.4 is 19.5 Å². The SMILES string of the molecule is COc1ccccc1Nc1nc(C2=Cc3ccc(OCc4ccc(F)cc4)cc3OC2O)cs1. The number of halogens is 1. The lowest BCUT2D eigenvalue weighted by molar-refractivity contribution is 0.0316. The van der Waals surface area contributed by atoms with Crippen LogP contribution in [-0.2, 0) is 6.61 Å². The predicted molar refractivity (Wildman–Crippen MR) is 130 cm³/mol. The Bertz CT molecular complexity index is 1340. The number of anilines is 2. The fourth-order valence-corrected chi connectivity index (χ4v) is 4.25. The lowest BCUT2D eigenvalue weighted by Crippen LogP contribution is -2.21. The molecule has 1 unspecified atom stereocenters. The maximum Gasteiger partial charge on any atom is 0.226 e. The number of nitrogens with one attached hydrogen (secondary N) is 1. The fourth-order valence-electron chi connectivity index (χ4n) is 3.52. The van der Waals surface area contributed by atoms with E-state index in [4.69, 9.17) is 14.2 Å². The summed E-state index contributed by atoms with van der Waals surface area (Å²) in [5.74, 6) is 1.52. The van der Waals surface area contributed by atoms with Gasteiger partial charge in [0.15, 0.2) is 5.13 Å². The highest BCUT2D eigenvalue weighted by molar-refractivity contribution is 7.13. The van der Waals surface area contributed by atoms with Crippen LogP contribution in [0.25, 0.3) is 11.6 Å². The number of aliphatic hydroxyl groups is 1. The number of benzene rings is 3. The third kappa shape index (κ3) is 4.73. The number of para-hydroxylation sites is 2. The topological polar surface area (TPSA) is 72.8 Å². The molecule has 0 bridgehead atoms. The highest BCUT2D eigenvalue weighted by Crippen LogP contribution is 2.37. The Morgan fingerprint density at radius 3 is 2.76 bits per heavy atom. The molecule has 8 heteroatoms. The average Bonchev–Trinajstić information content (AvgIpc) is 3.31. The Kier molecular flexibility index (Phi) is 6.16. The van der Waals surface area contributed by atoms with Gasteiger partial charge < -0.3 is 24.6 Å². The molecule has 3 aromatic carbocycles. The summed E-state index contributed by atoms with van der Waals surface area (Å²) in [5.41, 5.74) is 3.65. The third-order valence-corrected chi connectivity index (χ3v) is 6.03. The highest BCUT2D eigenvalue weighted by atomic mass is 32.1. The highest BCUT2D eigenvalue weighted by Gasteiger charge is 2.24. The summed E-state index contributed by atoms with van der Waals surface area (Å²) >= 11 is 1.42. The summed E-state index contributed by atoms with van der Waals surface area (Å²) in [4.78, 5) is 4.61. The minimum absolute atomic E-state index is 0.287. The van der Waals surface area contributed by atoms with E-state index < -0.39 is 6.29 Å². The number of nitrogens with zero attached hydrogens (tertiary/aromatic N) is 1. The minimum Gasteiger partial charge on any atom is -0.495 e. The molecule has 1 atom stereocenters. The lowest BCUT2D eigenvalue weighted by Gasteiger charge is -2.23. The molecule has 6 nitrogen and oxygen atoms in total. The Morgan fingerprint density at radius 1 is 1.12 bits per heavy atom. The van der Waals surface area contributed by atoms with Gasteiger partial charge in [0, 0.05) is 22.6 Å². The first-order chi connectivity index (χ1) is 16.6. The van der Waals surface area contributed by atoms with Crippen LogP contribution in [0.2, 0.25) is 0 Å². The molecular formula is C26H21FN2O4S. The third-order valence-electron chi connectivity index (χ3n) is 5.27. The minimum atomic E-state index is -1.17. The average molecular weight is 477 g/mol. The van der Waals surface area contributed by atoms with Crippen LogP contribution in [0, 0.1) is 5.82 Å². The summed E-state index contributed by atoms with van der Waals surface area (Å²) < 4.78 is 30.0. The van der Waals surface area contributed by atoms with E-state index in [1.807, 2.05) is 47.9 Å². The number of methoxy groups -OCH3 is 1. The van der Waals surface area contributed by atoms with Gasteiger partial charge in [-0.05, 0) is 48.0 Å². The quantitative estimate of drug-likeness (QED) is 0.348. The van der Waals surface area contributed by atoms with Crippen molar-refractivity contribution in [3.05, 3.63) is 94.7 Å². The monoisotopic (exact) mass is 476 g/mol. The molecule has 0 aliphatic carbocycles. The number of fused-ring (bicyclic) bond motifs is 1. The van der Waals surface area contributed by atoms with Crippen LogP contribution in [0.3, 0.4) is 0 Å². The number of aliphatic hydroxyl groups excluding tert-OH is 1. The summed E-state index contributed by atoms with van der Waals surface area (Å²) in [6.07, 6.45) is 0.691. The normalized spacial score (nSPS) is 14.6. The number of aromatic nitrogens is 1. The molecule has 4 aromatic rings. The second kappa shape index (κ2) is 9.54. The van der Waals surface area contributed by atoms with Gasteiger partial charge in [0.05, 0.1) is 18.5 Å². The zero-order chi connectivity index (χ0) is 23.5. The van der Waals surface area contributed by atoms with Crippen molar-refractivity contribution in [1.29, 1.82) is 0 Å². The first kappa shape index (κ1) is 21.9. The van der Waals surface area contributed by atoms with E-state index in [1.54, 1.807) is 25.3 Å². The van der Waals surface area contributed by atoms with Crippen molar-refractivity contribution in [3.63, 3.8) is 0 Å². The molecule has 0 fully saturated rings. The molecule has 34 heavy (non-hydrogen) atoms. The molecule has 0 radical (unpaired) electrons. The van der Waals surface area contributed by atoms with Crippen LogP contribution in [-0.4, -0.2) is 23.5 Å². The van der Waals surface area contributed by atoms with Gasteiger partial charge in [0.25, 0.3) is 0 Å². The molecule has 0 amide bonds. The Balaban J connectivity index is 1.32. The van der Waals surface area contributed by atoms with Crippen molar-refractivity contribution in [2.75, 3.05) is 12.4 Å². The van der Waals surface area contributed by atoms with Crippen molar-refractivity contribution in [1.82, 2.24) is 4.98 Å². The number of hydrogen-bond donors (Lipinski definition) is 2. The van der Waals surface area contributed by atoms with Gasteiger partial charge in [0.2, 0.25) is 6.29 Å². The standard InChI is InChI=1S/C26H21FN2O4S/c1-31-23-5-3-2-4-21(23)28-26-29-22(15-34-26)20-12-17-8-11-19(13-24(17)33-25(20)30)32-14-16-6-9-18(27)10-7-16/h2-13,15,25,30H,14H2,1H3,(H,28,29). The largest absolute Gasteiger partial charge is 0.495 e. The zero-order valence-electron chi connectivity index (χ0n) is 18.2. The molecule has 1 aliphatic heterocycles. The summed E-state index contributed by atoms with van der Waals surface area (Å²) in [6, 6.07) is 19.1. The summed E-state index contributed by atoms with van der Waals surface area (Å²) in [5, 5.41) is 16.4. The number of rotatable bonds is 7. The molecular weight excluding hydrogens is 455 g/mol. The van der Waals surface area contributed by atoms with Crippen molar-refractivity contribution < 1.29 is 23.7 Å². The van der Waals surface area contributed by atoms with E-state index in [0.717, 1.165) is 16.8 Å². The van der Waals surface area contributed by atoms with Crippen LogP contribution in [0.15, 0.2) is 72.1 Å². The van der Waals surface area contributed by atoms with Gasteiger partial charge in [-0.3, -0.25) is 0 Å². The Morgan fingerprint density at radius 2 is 1.94 bits per heavy atom. The number of thiazole rings is 1. The van der Waals surface area contributed by atoms with Gasteiger partial charge >= 0.3 is 0 Å². The summed E-state index contributed by atoms with van der Waals surface area (Å²) in [6.45, 7) is 0.295. The van der Waals surface area contributed by atoms with E-state index in [0.29, 0.717) is 40.3 Å². The van der Waals surface area contributed by atoms with E-state index >= 15 is 0 Å². The van der Waals surface area contributed by atoms with E-state index in [-0.39, 0.29) is 5.82 Å². The first-order valence-electron chi connectivity index (χ1n) is 10.5. The van der Waals surface area contributed by atoms with E-state index in [9.17, 15) is 9.50 Å². The number of hydrogen-bond acceptors (Lipinski definition) is 7. The molecule has 5 rings (SSSR count). The predicted octanol–water partition coefficient (Wildman–Crippen LogP) is 5.86. The smallest absolute Gasteiger partial charge is 0.226 e. The van der Waals surface area contributed by atoms with Gasteiger partial charge in [-0.1, -0.05) is 24.3 Å². The fraction of sp³-hybridized carbons (Fsp3) is 0.115. The zero-order valence-corrected chi connectivity index (χ0v) is 19.0. The van der Waals surface area contributed by atoms with Gasteiger partial charge in [0.1, 0.15) is 29.7 Å². The van der Waals surface area contributed by atoms with Crippen LogP contribution in [0.1, 0.15) is 16.8 Å². The van der Waals surface area contributed by atoms with Crippen LogP contribution in [0.5, 0.6) is 17.2 Å². The molecule has 2 N–H and O–H groups in total. The van der Waals surface area contributed by atoms with Gasteiger partial charge in [-0.2, -0.15) is 0 Å². The van der Waals surface area contributed by atoms with Crippen molar-refractivity contribution in [2.24, 2.45) is 0 Å². The summed E-state index contributed by atoms with van der Waals surface area (Å²) in [7, 11) is 1.62. The Labute approximate surface area is 199 Å².